The highest BCUT2D eigenvalue weighted by Crippen LogP contribution is 2.28. The van der Waals surface area contributed by atoms with E-state index in [1.165, 1.54) is 0 Å². The lowest BCUT2D eigenvalue weighted by Crippen LogP contribution is -2.18. The van der Waals surface area contributed by atoms with Crippen molar-refractivity contribution in [2.24, 2.45) is 0 Å². The lowest BCUT2D eigenvalue weighted by molar-refractivity contribution is 0.882. The maximum absolute atomic E-state index is 3.58. The molecule has 0 heterocycles. The summed E-state index contributed by atoms with van der Waals surface area (Å²) in [6.07, 6.45) is 7.43. The van der Waals surface area contributed by atoms with Crippen molar-refractivity contribution in [3.8, 4) is 0 Å². The van der Waals surface area contributed by atoms with E-state index in [1.54, 1.807) is 0 Å². The SMILES string of the molecule is BrC1=CCC(Nc2ccccc2Nc2ccc(Br)cc2)C=C1. The van der Waals surface area contributed by atoms with Crippen molar-refractivity contribution in [3.63, 3.8) is 0 Å². The molecule has 0 amide bonds. The van der Waals surface area contributed by atoms with Gasteiger partial charge in [0.25, 0.3) is 0 Å². The van der Waals surface area contributed by atoms with Crippen LogP contribution < -0.4 is 10.6 Å². The van der Waals surface area contributed by atoms with E-state index < -0.39 is 0 Å². The van der Waals surface area contributed by atoms with Crippen LogP contribution >= 0.6 is 31.9 Å². The van der Waals surface area contributed by atoms with E-state index in [9.17, 15) is 0 Å². The minimum Gasteiger partial charge on any atom is -0.377 e. The molecule has 0 saturated carbocycles. The third-order valence-corrected chi connectivity index (χ3v) is 4.56. The number of halogens is 2. The Morgan fingerprint density at radius 2 is 1.64 bits per heavy atom. The molecule has 0 fully saturated rings. The maximum atomic E-state index is 3.58. The number of allylic oxidation sites excluding steroid dienone is 2. The van der Waals surface area contributed by atoms with Crippen LogP contribution in [0.3, 0.4) is 0 Å². The third-order valence-electron chi connectivity index (χ3n) is 3.45. The Morgan fingerprint density at radius 3 is 2.32 bits per heavy atom. The Labute approximate surface area is 147 Å². The number of rotatable bonds is 4. The summed E-state index contributed by atoms with van der Waals surface area (Å²) in [6.45, 7) is 0. The van der Waals surface area contributed by atoms with E-state index in [0.29, 0.717) is 6.04 Å². The molecule has 1 unspecified atom stereocenters. The van der Waals surface area contributed by atoms with E-state index in [4.69, 9.17) is 0 Å². The number of benzene rings is 2. The predicted octanol–water partition coefficient (Wildman–Crippen LogP) is 6.21. The topological polar surface area (TPSA) is 24.1 Å². The van der Waals surface area contributed by atoms with Crippen LogP contribution in [0.4, 0.5) is 17.1 Å². The van der Waals surface area contributed by atoms with E-state index in [-0.39, 0.29) is 0 Å². The highest BCUT2D eigenvalue weighted by molar-refractivity contribution is 9.12. The molecule has 0 bridgehead atoms. The Kier molecular flexibility index (Phi) is 5.01. The first-order valence-corrected chi connectivity index (χ1v) is 8.71. The molecule has 0 spiro atoms. The molecule has 2 aromatic rings. The number of nitrogens with one attached hydrogen (secondary N) is 2. The molecule has 2 aromatic carbocycles. The number of anilines is 3. The van der Waals surface area contributed by atoms with Gasteiger partial charge in [-0.05, 0) is 42.8 Å². The van der Waals surface area contributed by atoms with Crippen molar-refractivity contribution >= 4 is 48.9 Å². The monoisotopic (exact) mass is 418 g/mol. The zero-order chi connectivity index (χ0) is 15.4. The van der Waals surface area contributed by atoms with E-state index in [0.717, 1.165) is 32.4 Å². The first kappa shape index (κ1) is 15.4. The van der Waals surface area contributed by atoms with Crippen LogP contribution in [0.25, 0.3) is 0 Å². The molecule has 1 aliphatic rings. The van der Waals surface area contributed by atoms with E-state index >= 15 is 0 Å². The fourth-order valence-corrected chi connectivity index (χ4v) is 2.91. The lowest BCUT2D eigenvalue weighted by Gasteiger charge is -2.20. The second kappa shape index (κ2) is 7.16. The van der Waals surface area contributed by atoms with Gasteiger partial charge in [-0.25, -0.2) is 0 Å². The first-order valence-electron chi connectivity index (χ1n) is 7.13. The number of para-hydroxylation sites is 2. The largest absolute Gasteiger partial charge is 0.377 e. The highest BCUT2D eigenvalue weighted by Gasteiger charge is 2.10. The zero-order valence-corrected chi connectivity index (χ0v) is 15.1. The average molecular weight is 420 g/mol. The molecular formula is C18H16Br2N2. The Bertz CT molecular complexity index is 705. The van der Waals surface area contributed by atoms with Crippen molar-refractivity contribution in [2.75, 3.05) is 10.6 Å². The third kappa shape index (κ3) is 4.02. The van der Waals surface area contributed by atoms with Gasteiger partial charge in [-0.3, -0.25) is 0 Å². The standard InChI is InChI=1S/C18H16Br2N2/c19-13-5-9-15(10-6-13)21-17-3-1-2-4-18(17)22-16-11-7-14(20)8-12-16/h1-11,16,21-22H,12H2. The van der Waals surface area contributed by atoms with Crippen molar-refractivity contribution in [1.29, 1.82) is 0 Å². The van der Waals surface area contributed by atoms with Crippen LogP contribution in [-0.2, 0) is 0 Å². The second-order valence-corrected chi connectivity index (χ2v) is 6.94. The molecule has 1 aliphatic carbocycles. The molecule has 4 heteroatoms. The molecule has 2 N–H and O–H groups in total. The molecule has 112 valence electrons. The Hall–Kier alpha value is -1.52. The molecule has 1 atom stereocenters. The molecule has 22 heavy (non-hydrogen) atoms. The van der Waals surface area contributed by atoms with Crippen molar-refractivity contribution in [3.05, 3.63) is 75.7 Å². The van der Waals surface area contributed by atoms with Crippen LogP contribution in [0.5, 0.6) is 0 Å². The van der Waals surface area contributed by atoms with Crippen molar-refractivity contribution < 1.29 is 0 Å². The molecular weight excluding hydrogens is 404 g/mol. The normalized spacial score (nSPS) is 17.0. The molecule has 3 rings (SSSR count). The number of hydrogen-bond acceptors (Lipinski definition) is 2. The molecule has 0 aliphatic heterocycles. The van der Waals surface area contributed by atoms with Crippen LogP contribution in [-0.4, -0.2) is 6.04 Å². The summed E-state index contributed by atoms with van der Waals surface area (Å²) in [6, 6.07) is 16.8. The summed E-state index contributed by atoms with van der Waals surface area (Å²) >= 11 is 6.95. The lowest BCUT2D eigenvalue weighted by atomic mass is 10.1. The predicted molar refractivity (Wildman–Crippen MR) is 102 cm³/mol. The van der Waals surface area contributed by atoms with Crippen LogP contribution in [0.1, 0.15) is 6.42 Å². The zero-order valence-electron chi connectivity index (χ0n) is 11.9. The van der Waals surface area contributed by atoms with Gasteiger partial charge in [0.1, 0.15) is 0 Å². The van der Waals surface area contributed by atoms with E-state index in [2.05, 4.69) is 85.0 Å². The smallest absolute Gasteiger partial charge is 0.0620 e. The van der Waals surface area contributed by atoms with E-state index in [1.807, 2.05) is 24.3 Å². The fourth-order valence-electron chi connectivity index (χ4n) is 2.31. The summed E-state index contributed by atoms with van der Waals surface area (Å²) in [5, 5.41) is 7.04. The second-order valence-electron chi connectivity index (χ2n) is 5.11. The average Bonchev–Trinajstić information content (AvgIpc) is 2.54. The van der Waals surface area contributed by atoms with Crippen molar-refractivity contribution in [2.45, 2.75) is 12.5 Å². The van der Waals surface area contributed by atoms with Gasteiger partial charge >= 0.3 is 0 Å². The van der Waals surface area contributed by atoms with Gasteiger partial charge in [0.15, 0.2) is 0 Å². The van der Waals surface area contributed by atoms with Crippen LogP contribution in [0, 0.1) is 0 Å². The fraction of sp³-hybridized carbons (Fsp3) is 0.111. The summed E-state index contributed by atoms with van der Waals surface area (Å²) in [5.41, 5.74) is 3.25. The van der Waals surface area contributed by atoms with Crippen LogP contribution in [0.2, 0.25) is 0 Å². The first-order chi connectivity index (χ1) is 10.7. The molecule has 0 saturated heterocycles. The van der Waals surface area contributed by atoms with Gasteiger partial charge in [0.05, 0.1) is 11.4 Å². The molecule has 0 radical (unpaired) electrons. The minimum absolute atomic E-state index is 0.314. The molecule has 2 nitrogen and oxygen atoms in total. The van der Waals surface area contributed by atoms with Gasteiger partial charge < -0.3 is 10.6 Å². The summed E-state index contributed by atoms with van der Waals surface area (Å²) in [4.78, 5) is 0. The quantitative estimate of drug-likeness (QED) is 0.615. The minimum atomic E-state index is 0.314. The highest BCUT2D eigenvalue weighted by atomic mass is 79.9. The van der Waals surface area contributed by atoms with Crippen LogP contribution in [0.15, 0.2) is 75.7 Å². The molecule has 0 aromatic heterocycles. The van der Waals surface area contributed by atoms with Gasteiger partial charge in [0.2, 0.25) is 0 Å². The number of hydrogen-bond donors (Lipinski definition) is 2. The summed E-state index contributed by atoms with van der Waals surface area (Å²) in [7, 11) is 0. The van der Waals surface area contributed by atoms with Gasteiger partial charge in [-0.15, -0.1) is 0 Å². The van der Waals surface area contributed by atoms with Crippen molar-refractivity contribution in [1.82, 2.24) is 0 Å². The summed E-state index contributed by atoms with van der Waals surface area (Å²) < 4.78 is 2.22. The maximum Gasteiger partial charge on any atom is 0.0620 e. The van der Waals surface area contributed by atoms with Gasteiger partial charge in [-0.1, -0.05) is 62.2 Å². The Morgan fingerprint density at radius 1 is 0.909 bits per heavy atom. The van der Waals surface area contributed by atoms with Gasteiger partial charge in [-0.2, -0.15) is 0 Å². The Balaban J connectivity index is 1.75. The van der Waals surface area contributed by atoms with Gasteiger partial charge in [0, 0.05) is 20.7 Å². The summed E-state index contributed by atoms with van der Waals surface area (Å²) in [5.74, 6) is 0.